The van der Waals surface area contributed by atoms with Gasteiger partial charge in [0.25, 0.3) is 0 Å². The number of primary amides is 1. The van der Waals surface area contributed by atoms with E-state index in [1.165, 1.54) is 0 Å². The van der Waals surface area contributed by atoms with Crippen molar-refractivity contribution >= 4 is 11.8 Å². The molecule has 1 heterocycles. The maximum atomic E-state index is 12.2. The van der Waals surface area contributed by atoms with Crippen molar-refractivity contribution in [1.82, 2.24) is 4.90 Å². The van der Waals surface area contributed by atoms with Crippen LogP contribution < -0.4 is 5.73 Å². The third kappa shape index (κ3) is 3.43. The van der Waals surface area contributed by atoms with Crippen LogP contribution in [0, 0.1) is 11.3 Å². The molecule has 5 nitrogen and oxygen atoms in total. The average Bonchev–Trinajstić information content (AvgIpc) is 2.28. The molecule has 0 aromatic carbocycles. The molecule has 0 radical (unpaired) electrons. The smallest absolute Gasteiger partial charge is 0.230 e. The quantitative estimate of drug-likeness (QED) is 0.774. The number of likely N-dealkylation sites (tertiary alicyclic amines) is 1. The van der Waals surface area contributed by atoms with E-state index in [0.29, 0.717) is 32.5 Å². The first-order valence-electron chi connectivity index (χ1n) is 5.96. The molecule has 0 aromatic heterocycles. The van der Waals surface area contributed by atoms with E-state index >= 15 is 0 Å². The summed E-state index contributed by atoms with van der Waals surface area (Å²) >= 11 is 0. The van der Waals surface area contributed by atoms with Crippen LogP contribution in [0.1, 0.15) is 26.7 Å². The Labute approximate surface area is 102 Å². The largest absolute Gasteiger partial charge is 0.384 e. The topological polar surface area (TPSA) is 72.6 Å². The second kappa shape index (κ2) is 5.49. The summed E-state index contributed by atoms with van der Waals surface area (Å²) in [5.41, 5.74) is 4.75. The third-order valence-electron chi connectivity index (χ3n) is 3.27. The van der Waals surface area contributed by atoms with E-state index in [2.05, 4.69) is 0 Å². The summed E-state index contributed by atoms with van der Waals surface area (Å²) in [6.07, 6.45) is 1.34. The highest BCUT2D eigenvalue weighted by molar-refractivity contribution is 5.83. The zero-order valence-electron chi connectivity index (χ0n) is 10.9. The van der Waals surface area contributed by atoms with Crippen LogP contribution in [0.25, 0.3) is 0 Å². The van der Waals surface area contributed by atoms with Gasteiger partial charge in [0.1, 0.15) is 0 Å². The van der Waals surface area contributed by atoms with Crippen molar-refractivity contribution in [3.8, 4) is 0 Å². The third-order valence-corrected chi connectivity index (χ3v) is 3.27. The summed E-state index contributed by atoms with van der Waals surface area (Å²) in [4.78, 5) is 25.0. The number of rotatable bonds is 4. The molecule has 5 heteroatoms. The Morgan fingerprint density at radius 3 is 2.29 bits per heavy atom. The van der Waals surface area contributed by atoms with E-state index in [-0.39, 0.29) is 17.7 Å². The van der Waals surface area contributed by atoms with Gasteiger partial charge in [-0.1, -0.05) is 0 Å². The van der Waals surface area contributed by atoms with Crippen molar-refractivity contribution in [1.29, 1.82) is 0 Å². The Hall–Kier alpha value is -1.10. The number of hydrogen-bond acceptors (Lipinski definition) is 3. The van der Waals surface area contributed by atoms with Gasteiger partial charge in [0.15, 0.2) is 0 Å². The highest BCUT2D eigenvalue weighted by Crippen LogP contribution is 2.24. The monoisotopic (exact) mass is 242 g/mol. The van der Waals surface area contributed by atoms with E-state index < -0.39 is 5.41 Å². The van der Waals surface area contributed by atoms with Crippen LogP contribution in [-0.2, 0) is 14.3 Å². The first kappa shape index (κ1) is 14.0. The lowest BCUT2D eigenvalue weighted by molar-refractivity contribution is -0.145. The summed E-state index contributed by atoms with van der Waals surface area (Å²) in [7, 11) is 1.59. The van der Waals surface area contributed by atoms with E-state index in [1.807, 2.05) is 13.8 Å². The minimum atomic E-state index is -0.506. The van der Waals surface area contributed by atoms with Crippen LogP contribution in [-0.4, -0.2) is 43.5 Å². The summed E-state index contributed by atoms with van der Waals surface area (Å²) < 4.78 is 5.06. The fourth-order valence-electron chi connectivity index (χ4n) is 2.22. The predicted molar refractivity (Wildman–Crippen MR) is 64.2 cm³/mol. The molecule has 0 spiro atoms. The molecule has 0 aromatic rings. The van der Waals surface area contributed by atoms with Crippen molar-refractivity contribution < 1.29 is 14.3 Å². The highest BCUT2D eigenvalue weighted by Gasteiger charge is 2.34. The van der Waals surface area contributed by atoms with Gasteiger partial charge in [0, 0.05) is 26.1 Å². The number of methoxy groups -OCH3 is 1. The van der Waals surface area contributed by atoms with Gasteiger partial charge in [-0.05, 0) is 26.7 Å². The maximum Gasteiger partial charge on any atom is 0.230 e. The molecule has 0 atom stereocenters. The summed E-state index contributed by atoms with van der Waals surface area (Å²) in [6, 6.07) is 0. The molecule has 0 aliphatic carbocycles. The van der Waals surface area contributed by atoms with Crippen LogP contribution in [0.4, 0.5) is 0 Å². The van der Waals surface area contributed by atoms with E-state index in [0.717, 1.165) is 0 Å². The Morgan fingerprint density at radius 2 is 1.88 bits per heavy atom. The molecule has 1 saturated heterocycles. The number of carbonyl (C=O) groups excluding carboxylic acids is 2. The molecule has 1 aliphatic rings. The second-order valence-electron chi connectivity index (χ2n) is 5.29. The number of piperidine rings is 1. The van der Waals surface area contributed by atoms with Crippen LogP contribution in [0.2, 0.25) is 0 Å². The Morgan fingerprint density at radius 1 is 1.35 bits per heavy atom. The number of hydrogen-bond donors (Lipinski definition) is 1. The highest BCUT2D eigenvalue weighted by atomic mass is 16.5. The molecule has 17 heavy (non-hydrogen) atoms. The van der Waals surface area contributed by atoms with Gasteiger partial charge >= 0.3 is 0 Å². The summed E-state index contributed by atoms with van der Waals surface area (Å²) in [5, 5.41) is 0. The normalized spacial score (nSPS) is 18.2. The Bertz CT molecular complexity index is 294. The average molecular weight is 242 g/mol. The lowest BCUT2D eigenvalue weighted by atomic mass is 9.89. The van der Waals surface area contributed by atoms with E-state index in [1.54, 1.807) is 12.0 Å². The molecule has 1 fully saturated rings. The maximum absolute atomic E-state index is 12.2. The van der Waals surface area contributed by atoms with Gasteiger partial charge in [-0.3, -0.25) is 9.59 Å². The lowest BCUT2D eigenvalue weighted by Crippen LogP contribution is -2.48. The molecule has 1 aliphatic heterocycles. The van der Waals surface area contributed by atoms with Gasteiger partial charge < -0.3 is 15.4 Å². The van der Waals surface area contributed by atoms with Gasteiger partial charge in [0.05, 0.1) is 12.0 Å². The predicted octanol–water partition coefficient (Wildman–Crippen LogP) is 0.383. The van der Waals surface area contributed by atoms with Crippen molar-refractivity contribution in [3.63, 3.8) is 0 Å². The van der Waals surface area contributed by atoms with Crippen molar-refractivity contribution in [3.05, 3.63) is 0 Å². The van der Waals surface area contributed by atoms with Gasteiger partial charge in [-0.2, -0.15) is 0 Å². The van der Waals surface area contributed by atoms with E-state index in [9.17, 15) is 9.59 Å². The lowest BCUT2D eigenvalue weighted by Gasteiger charge is -2.35. The first-order chi connectivity index (χ1) is 7.88. The van der Waals surface area contributed by atoms with E-state index in [4.69, 9.17) is 10.5 Å². The molecule has 2 N–H and O–H groups in total. The fourth-order valence-corrected chi connectivity index (χ4v) is 2.22. The molecule has 98 valence electrons. The minimum absolute atomic E-state index is 0.0791. The molecule has 2 amide bonds. The van der Waals surface area contributed by atoms with Crippen molar-refractivity contribution in [2.75, 3.05) is 26.8 Å². The van der Waals surface area contributed by atoms with Crippen molar-refractivity contribution in [2.45, 2.75) is 26.7 Å². The van der Waals surface area contributed by atoms with Gasteiger partial charge in [-0.25, -0.2) is 0 Å². The minimum Gasteiger partial charge on any atom is -0.384 e. The van der Waals surface area contributed by atoms with Crippen LogP contribution in [0.15, 0.2) is 0 Å². The Balaban J connectivity index is 2.54. The van der Waals surface area contributed by atoms with Crippen molar-refractivity contribution in [2.24, 2.45) is 17.1 Å². The molecular weight excluding hydrogens is 220 g/mol. The van der Waals surface area contributed by atoms with Crippen LogP contribution in [0.3, 0.4) is 0 Å². The summed E-state index contributed by atoms with van der Waals surface area (Å²) in [5.74, 6) is -0.250. The van der Waals surface area contributed by atoms with Crippen LogP contribution in [0.5, 0.6) is 0 Å². The molecule has 0 saturated carbocycles. The number of carbonyl (C=O) groups is 2. The molecule has 1 rings (SSSR count). The number of nitrogens with two attached hydrogens (primary N) is 1. The fraction of sp³-hybridized carbons (Fsp3) is 0.833. The Kier molecular flexibility index (Phi) is 4.51. The zero-order valence-corrected chi connectivity index (χ0v) is 10.9. The standard InChI is InChI=1S/C12H22N2O3/c1-12(2,8-17-3)11(16)14-6-4-9(5-7-14)10(13)15/h9H,4-8H2,1-3H3,(H2,13,15). The number of amides is 2. The number of nitrogens with zero attached hydrogens (tertiary/aromatic N) is 1. The number of ether oxygens (including phenoxy) is 1. The SMILES string of the molecule is COCC(C)(C)C(=O)N1CCC(C(N)=O)CC1. The van der Waals surface area contributed by atoms with Crippen LogP contribution >= 0.6 is 0 Å². The molecular formula is C12H22N2O3. The van der Waals surface area contributed by atoms with Gasteiger partial charge in [0.2, 0.25) is 11.8 Å². The second-order valence-corrected chi connectivity index (χ2v) is 5.29. The molecule has 0 bridgehead atoms. The first-order valence-corrected chi connectivity index (χ1v) is 5.96. The zero-order chi connectivity index (χ0) is 13.1. The summed E-state index contributed by atoms with van der Waals surface area (Å²) in [6.45, 7) is 5.37. The van der Waals surface area contributed by atoms with Gasteiger partial charge in [-0.15, -0.1) is 0 Å². The molecule has 0 unspecified atom stereocenters.